The summed E-state index contributed by atoms with van der Waals surface area (Å²) in [7, 11) is 1.57. The number of ether oxygens (including phenoxy) is 1. The molecule has 0 radical (unpaired) electrons. The van der Waals surface area contributed by atoms with Crippen molar-refractivity contribution in [3.63, 3.8) is 0 Å². The van der Waals surface area contributed by atoms with Gasteiger partial charge in [-0.25, -0.2) is 4.90 Å². The van der Waals surface area contributed by atoms with Crippen LogP contribution < -0.4 is 9.64 Å². The molecule has 26 heavy (non-hydrogen) atoms. The third-order valence-corrected chi connectivity index (χ3v) is 6.57. The molecule has 2 aromatic carbocycles. The molecule has 3 aliphatic rings. The quantitative estimate of drug-likeness (QED) is 0.797. The Bertz CT molecular complexity index is 878. The second kappa shape index (κ2) is 5.70. The minimum atomic E-state index is -0.184. The maximum atomic E-state index is 13.3. The highest BCUT2D eigenvalue weighted by Crippen LogP contribution is 2.62. The van der Waals surface area contributed by atoms with Crippen LogP contribution in [0.1, 0.15) is 24.3 Å². The van der Waals surface area contributed by atoms with Crippen LogP contribution in [0.15, 0.2) is 54.6 Å². The van der Waals surface area contributed by atoms with Crippen LogP contribution in [0.25, 0.3) is 0 Å². The molecule has 5 rings (SSSR count). The Kier molecular flexibility index (Phi) is 3.42. The summed E-state index contributed by atoms with van der Waals surface area (Å²) in [6.45, 7) is 0. The highest BCUT2D eigenvalue weighted by Gasteiger charge is 2.64. The molecule has 0 N–H and O–H groups in total. The zero-order valence-electron chi connectivity index (χ0n) is 14.7. The van der Waals surface area contributed by atoms with Crippen molar-refractivity contribution < 1.29 is 14.3 Å². The predicted molar refractivity (Wildman–Crippen MR) is 97.9 cm³/mol. The number of hydrogen-bond donors (Lipinski definition) is 0. The summed E-state index contributed by atoms with van der Waals surface area (Å²) in [5.74, 6) is 1.11. The van der Waals surface area contributed by atoms with E-state index in [1.165, 1.54) is 10.5 Å². The van der Waals surface area contributed by atoms with E-state index in [9.17, 15) is 9.59 Å². The number of anilines is 1. The lowest BCUT2D eigenvalue weighted by Gasteiger charge is -2.28. The van der Waals surface area contributed by atoms with Crippen molar-refractivity contribution in [1.29, 1.82) is 0 Å². The largest absolute Gasteiger partial charge is 0.495 e. The van der Waals surface area contributed by atoms with Crippen molar-refractivity contribution in [2.24, 2.45) is 23.7 Å². The first kappa shape index (κ1) is 15.6. The molecular formula is C22H21NO3. The van der Waals surface area contributed by atoms with Crippen LogP contribution >= 0.6 is 0 Å². The molecule has 4 nitrogen and oxygen atoms in total. The van der Waals surface area contributed by atoms with Crippen LogP contribution in [0.5, 0.6) is 5.75 Å². The summed E-state index contributed by atoms with van der Waals surface area (Å²) in [4.78, 5) is 27.8. The van der Waals surface area contributed by atoms with Gasteiger partial charge in [-0.1, -0.05) is 42.5 Å². The van der Waals surface area contributed by atoms with Gasteiger partial charge in [0.25, 0.3) is 0 Å². The van der Waals surface area contributed by atoms with E-state index in [-0.39, 0.29) is 29.6 Å². The number of fused-ring (bicyclic) bond motifs is 5. The average molecular weight is 347 g/mol. The third kappa shape index (κ3) is 2.02. The van der Waals surface area contributed by atoms with Crippen LogP contribution in [0.4, 0.5) is 5.69 Å². The van der Waals surface area contributed by atoms with E-state index in [0.717, 1.165) is 12.8 Å². The van der Waals surface area contributed by atoms with Crippen molar-refractivity contribution in [1.82, 2.24) is 0 Å². The smallest absolute Gasteiger partial charge is 0.238 e. The second-order valence-corrected chi connectivity index (χ2v) is 7.65. The molecule has 2 amide bonds. The minimum Gasteiger partial charge on any atom is -0.495 e. The molecule has 2 bridgehead atoms. The van der Waals surface area contributed by atoms with E-state index in [0.29, 0.717) is 23.3 Å². The van der Waals surface area contributed by atoms with Crippen LogP contribution in [0.3, 0.4) is 0 Å². The summed E-state index contributed by atoms with van der Waals surface area (Å²) in [6.07, 6.45) is 2.00. The van der Waals surface area contributed by atoms with Gasteiger partial charge in [0, 0.05) is 0 Å². The van der Waals surface area contributed by atoms with Gasteiger partial charge in [0.15, 0.2) is 0 Å². The molecular weight excluding hydrogens is 326 g/mol. The Hall–Kier alpha value is -2.62. The molecule has 0 aromatic heterocycles. The number of nitrogens with zero attached hydrogens (tertiary/aromatic N) is 1. The number of amides is 2. The van der Waals surface area contributed by atoms with E-state index < -0.39 is 0 Å². The second-order valence-electron chi connectivity index (χ2n) is 7.65. The van der Waals surface area contributed by atoms with Crippen molar-refractivity contribution in [2.75, 3.05) is 12.0 Å². The fourth-order valence-corrected chi connectivity index (χ4v) is 5.59. The van der Waals surface area contributed by atoms with Gasteiger partial charge in [0.05, 0.1) is 24.6 Å². The number of carbonyl (C=O) groups is 2. The van der Waals surface area contributed by atoms with Crippen molar-refractivity contribution in [2.45, 2.75) is 18.8 Å². The summed E-state index contributed by atoms with van der Waals surface area (Å²) >= 11 is 0. The molecule has 0 unspecified atom stereocenters. The number of carbonyl (C=O) groups excluding carboxylic acids is 2. The molecule has 5 atom stereocenters. The van der Waals surface area contributed by atoms with Crippen molar-refractivity contribution in [3.8, 4) is 5.75 Å². The average Bonchev–Trinajstić information content (AvgIpc) is 3.34. The van der Waals surface area contributed by atoms with Crippen LogP contribution in [-0.4, -0.2) is 18.9 Å². The number of para-hydroxylation sites is 2. The molecule has 1 heterocycles. The predicted octanol–water partition coefficient (Wildman–Crippen LogP) is 3.62. The summed E-state index contributed by atoms with van der Waals surface area (Å²) in [6, 6.07) is 17.7. The van der Waals surface area contributed by atoms with Gasteiger partial charge in [-0.05, 0) is 48.3 Å². The highest BCUT2D eigenvalue weighted by atomic mass is 16.5. The number of methoxy groups -OCH3 is 1. The number of imide groups is 1. The zero-order chi connectivity index (χ0) is 17.8. The van der Waals surface area contributed by atoms with Gasteiger partial charge in [-0.15, -0.1) is 0 Å². The first-order valence-electron chi connectivity index (χ1n) is 9.26. The Labute approximate surface area is 152 Å². The molecule has 4 heteroatoms. The molecule has 1 aliphatic heterocycles. The molecule has 2 aromatic rings. The maximum Gasteiger partial charge on any atom is 0.238 e. The van der Waals surface area contributed by atoms with E-state index in [1.54, 1.807) is 19.2 Å². The van der Waals surface area contributed by atoms with Crippen molar-refractivity contribution >= 4 is 17.5 Å². The van der Waals surface area contributed by atoms with Crippen LogP contribution in [-0.2, 0) is 9.59 Å². The Balaban J connectivity index is 1.51. The normalized spacial score (nSPS) is 32.2. The van der Waals surface area contributed by atoms with Gasteiger partial charge >= 0.3 is 0 Å². The Morgan fingerprint density at radius 3 is 2.35 bits per heavy atom. The number of benzene rings is 2. The van der Waals surface area contributed by atoms with E-state index in [4.69, 9.17) is 4.74 Å². The molecule has 1 saturated heterocycles. The van der Waals surface area contributed by atoms with Crippen LogP contribution in [0, 0.1) is 23.7 Å². The molecule has 132 valence electrons. The fraction of sp³-hybridized carbons (Fsp3) is 0.364. The third-order valence-electron chi connectivity index (χ3n) is 6.57. The zero-order valence-corrected chi connectivity index (χ0v) is 14.7. The first-order valence-corrected chi connectivity index (χ1v) is 9.26. The summed E-state index contributed by atoms with van der Waals surface area (Å²) in [5, 5.41) is 0. The lowest BCUT2D eigenvalue weighted by atomic mass is 9.73. The Morgan fingerprint density at radius 1 is 0.885 bits per heavy atom. The van der Waals surface area contributed by atoms with E-state index >= 15 is 0 Å². The van der Waals surface area contributed by atoms with Crippen molar-refractivity contribution in [3.05, 3.63) is 60.2 Å². The summed E-state index contributed by atoms with van der Waals surface area (Å²) in [5.41, 5.74) is 1.88. The standard InChI is InChI=1S/C22H21NO3/c1-26-18-10-6-5-9-17(18)23-21(24)19-14-11-15(13-7-3-2-4-8-13)16(12-14)20(19)22(23)25/h2-10,14-16,19-20H,11-12H2,1H3/t14-,15+,16+,19+,20-/m0/s1. The summed E-state index contributed by atoms with van der Waals surface area (Å²) < 4.78 is 5.39. The first-order chi connectivity index (χ1) is 12.7. The lowest BCUT2D eigenvalue weighted by Crippen LogP contribution is -2.33. The number of rotatable bonds is 3. The van der Waals surface area contributed by atoms with Crippen LogP contribution in [0.2, 0.25) is 0 Å². The number of hydrogen-bond acceptors (Lipinski definition) is 3. The highest BCUT2D eigenvalue weighted by molar-refractivity contribution is 6.23. The molecule has 2 aliphatic carbocycles. The van der Waals surface area contributed by atoms with E-state index in [2.05, 4.69) is 24.3 Å². The van der Waals surface area contributed by atoms with Gasteiger partial charge in [-0.3, -0.25) is 9.59 Å². The molecule has 2 saturated carbocycles. The Morgan fingerprint density at radius 2 is 1.58 bits per heavy atom. The fourth-order valence-electron chi connectivity index (χ4n) is 5.59. The SMILES string of the molecule is COc1ccccc1N1C(=O)[C@@H]2[C@@H]3C[C@@H]([C@@H]2C1=O)[C@@H](c1ccccc1)C3. The lowest BCUT2D eigenvalue weighted by molar-refractivity contribution is -0.123. The van der Waals surface area contributed by atoms with Gasteiger partial charge < -0.3 is 4.74 Å². The van der Waals surface area contributed by atoms with E-state index in [1.807, 2.05) is 18.2 Å². The van der Waals surface area contributed by atoms with Gasteiger partial charge in [0.2, 0.25) is 11.8 Å². The topological polar surface area (TPSA) is 46.6 Å². The molecule has 3 fully saturated rings. The monoisotopic (exact) mass is 347 g/mol. The van der Waals surface area contributed by atoms with Gasteiger partial charge in [-0.2, -0.15) is 0 Å². The molecule has 0 spiro atoms. The minimum absolute atomic E-state index is 0.0384. The maximum absolute atomic E-state index is 13.3. The van der Waals surface area contributed by atoms with Gasteiger partial charge in [0.1, 0.15) is 5.75 Å².